The molecule has 2 atom stereocenters. The molecule has 3 amide bonds. The van der Waals surface area contributed by atoms with Gasteiger partial charge in [-0.2, -0.15) is 0 Å². The van der Waals surface area contributed by atoms with Gasteiger partial charge in [-0.3, -0.25) is 14.5 Å². The zero-order valence-electron chi connectivity index (χ0n) is 22.4. The summed E-state index contributed by atoms with van der Waals surface area (Å²) in [6, 6.07) is -0.774. The fraction of sp³-hybridized carbons (Fsp3) is 0.600. The number of rotatable bonds is 9. The minimum atomic E-state index is -1.16. The van der Waals surface area contributed by atoms with E-state index in [1.165, 1.54) is 39.8 Å². The number of fused-ring (bicyclic) bond motifs is 1. The number of aromatic nitrogens is 2. The normalized spacial score (nSPS) is 21.3. The Bertz CT molecular complexity index is 1220. The van der Waals surface area contributed by atoms with Gasteiger partial charge < -0.3 is 20.5 Å². The van der Waals surface area contributed by atoms with Crippen LogP contribution in [0.5, 0.6) is 0 Å². The molecule has 4 rings (SSSR count). The van der Waals surface area contributed by atoms with Gasteiger partial charge in [-0.1, -0.05) is 34.2 Å². The second-order valence-corrected chi connectivity index (χ2v) is 14.0. The molecule has 1 fully saturated rings. The number of ether oxygens (including phenoxy) is 1. The number of hydrogen-bond acceptors (Lipinski definition) is 10. The maximum absolute atomic E-state index is 13.0. The Kier molecular flexibility index (Phi) is 9.27. The number of carboxylic acids is 1. The van der Waals surface area contributed by atoms with E-state index in [1.54, 1.807) is 20.8 Å². The molecular weight excluding hydrogens is 563 g/mol. The van der Waals surface area contributed by atoms with Crippen LogP contribution < -0.4 is 10.6 Å². The van der Waals surface area contributed by atoms with Crippen LogP contribution in [-0.2, 0) is 19.1 Å². The van der Waals surface area contributed by atoms with Crippen LogP contribution in [0.3, 0.4) is 0 Å². The highest BCUT2D eigenvalue weighted by Gasteiger charge is 2.54. The topological polar surface area (TPSA) is 151 Å². The predicted molar refractivity (Wildman–Crippen MR) is 149 cm³/mol. The lowest BCUT2D eigenvalue weighted by Gasteiger charge is -2.49. The highest BCUT2D eigenvalue weighted by molar-refractivity contribution is 8.01. The summed E-state index contributed by atoms with van der Waals surface area (Å²) in [6.07, 6.45) is 3.11. The van der Waals surface area contributed by atoms with Crippen molar-refractivity contribution < 1.29 is 29.0 Å². The van der Waals surface area contributed by atoms with Crippen molar-refractivity contribution in [3.8, 4) is 0 Å². The third-order valence-electron chi connectivity index (χ3n) is 6.37. The summed E-state index contributed by atoms with van der Waals surface area (Å²) in [5.41, 5.74) is 2.02. The lowest BCUT2D eigenvalue weighted by molar-refractivity contribution is -0.150. The van der Waals surface area contributed by atoms with Crippen molar-refractivity contribution in [2.75, 3.05) is 18.1 Å². The third-order valence-corrected chi connectivity index (χ3v) is 9.77. The summed E-state index contributed by atoms with van der Waals surface area (Å²) < 4.78 is 6.05. The largest absolute Gasteiger partial charge is 0.477 e. The summed E-state index contributed by atoms with van der Waals surface area (Å²) in [4.78, 5) is 51.4. The molecule has 0 aromatic carbocycles. The van der Waals surface area contributed by atoms with Crippen molar-refractivity contribution in [2.24, 2.45) is 0 Å². The van der Waals surface area contributed by atoms with E-state index in [0.717, 1.165) is 46.2 Å². The maximum Gasteiger partial charge on any atom is 0.407 e. The van der Waals surface area contributed by atoms with E-state index >= 15 is 0 Å². The maximum atomic E-state index is 13.0. The van der Waals surface area contributed by atoms with E-state index in [2.05, 4.69) is 20.8 Å². The molecular formula is C25H33N5O6S3. The van der Waals surface area contributed by atoms with Crippen LogP contribution in [0.15, 0.2) is 26.8 Å². The lowest BCUT2D eigenvalue weighted by Crippen LogP contribution is -2.70. The Labute approximate surface area is 239 Å². The highest BCUT2D eigenvalue weighted by atomic mass is 32.2. The number of aliphatic carboxylic acids is 1. The smallest absolute Gasteiger partial charge is 0.407 e. The van der Waals surface area contributed by atoms with Crippen LogP contribution in [0.25, 0.3) is 0 Å². The van der Waals surface area contributed by atoms with Crippen molar-refractivity contribution in [1.29, 1.82) is 0 Å². The number of nitrogens with zero attached hydrogens (tertiary/aromatic N) is 3. The molecule has 1 aliphatic carbocycles. The van der Waals surface area contributed by atoms with Crippen molar-refractivity contribution >= 4 is 58.7 Å². The second-order valence-electron chi connectivity index (χ2n) is 10.5. The molecule has 1 aromatic heterocycles. The fourth-order valence-corrected chi connectivity index (χ4v) is 7.95. The number of aryl methyl sites for hydroxylation is 1. The van der Waals surface area contributed by atoms with Crippen LogP contribution in [-0.4, -0.2) is 79.1 Å². The molecule has 1 saturated heterocycles. The summed E-state index contributed by atoms with van der Waals surface area (Å²) in [6.45, 7) is 7.56. The molecule has 3 heterocycles. The molecule has 212 valence electrons. The average Bonchev–Trinajstić information content (AvgIpc) is 3.28. The highest BCUT2D eigenvalue weighted by Crippen LogP contribution is 2.42. The molecule has 0 spiro atoms. The average molecular weight is 596 g/mol. The number of alkyl carbamates (subject to hydrolysis) is 1. The van der Waals surface area contributed by atoms with Gasteiger partial charge in [0.1, 0.15) is 27.7 Å². The SMILES string of the molecule is Cc1nnc(SCC2=C(C(=O)O)N3C(=O)C(NC(=O)CC4=C(CNC(=O)OC(C)(C)C)CCCC4)[C@H]3SC2)s1. The summed E-state index contributed by atoms with van der Waals surface area (Å²) in [5.74, 6) is -1.02. The number of carboxylic acid groups (broad SMARTS) is 1. The first-order valence-corrected chi connectivity index (χ1v) is 15.6. The number of hydrogen-bond donors (Lipinski definition) is 3. The van der Waals surface area contributed by atoms with Crippen molar-refractivity contribution in [2.45, 2.75) is 81.2 Å². The van der Waals surface area contributed by atoms with E-state index in [1.807, 2.05) is 6.92 Å². The molecule has 3 N–H and O–H groups in total. The zero-order valence-corrected chi connectivity index (χ0v) is 24.8. The Hall–Kier alpha value is -2.58. The van der Waals surface area contributed by atoms with E-state index in [9.17, 15) is 24.3 Å². The third kappa shape index (κ3) is 7.34. The second kappa shape index (κ2) is 12.3. The molecule has 3 aliphatic rings. The van der Waals surface area contributed by atoms with E-state index in [-0.39, 0.29) is 18.0 Å². The van der Waals surface area contributed by atoms with Gasteiger partial charge in [0.15, 0.2) is 4.34 Å². The molecule has 2 aliphatic heterocycles. The van der Waals surface area contributed by atoms with Crippen LogP contribution in [0.2, 0.25) is 0 Å². The molecule has 39 heavy (non-hydrogen) atoms. The van der Waals surface area contributed by atoms with Gasteiger partial charge in [-0.25, -0.2) is 9.59 Å². The van der Waals surface area contributed by atoms with Crippen molar-refractivity contribution in [3.63, 3.8) is 0 Å². The predicted octanol–water partition coefficient (Wildman–Crippen LogP) is 3.46. The molecule has 0 saturated carbocycles. The first-order valence-electron chi connectivity index (χ1n) is 12.7. The van der Waals surface area contributed by atoms with Crippen LogP contribution in [0.4, 0.5) is 4.79 Å². The van der Waals surface area contributed by atoms with Crippen LogP contribution >= 0.6 is 34.9 Å². The number of thioether (sulfide) groups is 2. The Balaban J connectivity index is 1.36. The standard InChI is InChI=1S/C25H33N5O6S3/c1-13-28-29-24(39-13)38-12-16-11-37-21-18(20(32)30(21)19(16)22(33)34)27-17(31)9-14-7-5-6-8-15(14)10-26-23(35)36-25(2,3)4/h18,21H,5-12H2,1-4H3,(H,26,35)(H,27,31)(H,33,34)/t18?,21-/m1/s1. The monoisotopic (exact) mass is 595 g/mol. The van der Waals surface area contributed by atoms with Gasteiger partial charge in [0.25, 0.3) is 5.91 Å². The summed E-state index contributed by atoms with van der Waals surface area (Å²) in [5, 5.41) is 23.9. The number of amides is 3. The quantitative estimate of drug-likeness (QED) is 0.220. The zero-order chi connectivity index (χ0) is 28.3. The number of carbonyl (C=O) groups is 4. The molecule has 0 bridgehead atoms. The van der Waals surface area contributed by atoms with Crippen LogP contribution in [0.1, 0.15) is 57.9 Å². The Morgan fingerprint density at radius 3 is 2.51 bits per heavy atom. The van der Waals surface area contributed by atoms with Gasteiger partial charge in [0.2, 0.25) is 5.91 Å². The summed E-state index contributed by atoms with van der Waals surface area (Å²) >= 11 is 4.28. The molecule has 1 aromatic rings. The van der Waals surface area contributed by atoms with E-state index < -0.39 is 35.0 Å². The number of β-lactam (4-membered cyclic amide) rings is 1. The van der Waals surface area contributed by atoms with Gasteiger partial charge in [-0.15, -0.1) is 22.0 Å². The first kappa shape index (κ1) is 29.4. The van der Waals surface area contributed by atoms with E-state index in [0.29, 0.717) is 23.6 Å². The van der Waals surface area contributed by atoms with Crippen LogP contribution in [0, 0.1) is 6.92 Å². The van der Waals surface area contributed by atoms with Gasteiger partial charge in [0.05, 0.1) is 0 Å². The molecule has 0 radical (unpaired) electrons. The Morgan fingerprint density at radius 2 is 1.87 bits per heavy atom. The van der Waals surface area contributed by atoms with Gasteiger partial charge in [0, 0.05) is 24.5 Å². The summed E-state index contributed by atoms with van der Waals surface area (Å²) in [7, 11) is 0. The lowest BCUT2D eigenvalue weighted by atomic mass is 9.89. The van der Waals surface area contributed by atoms with Gasteiger partial charge in [-0.05, 0) is 59.0 Å². The fourth-order valence-electron chi connectivity index (χ4n) is 4.65. The van der Waals surface area contributed by atoms with Crippen molar-refractivity contribution in [1.82, 2.24) is 25.7 Å². The first-order chi connectivity index (χ1) is 18.4. The molecule has 11 nitrogen and oxygen atoms in total. The van der Waals surface area contributed by atoms with Gasteiger partial charge >= 0.3 is 12.1 Å². The number of carbonyl (C=O) groups excluding carboxylic acids is 3. The molecule has 14 heteroatoms. The molecule has 1 unspecified atom stereocenters. The Morgan fingerprint density at radius 1 is 1.15 bits per heavy atom. The minimum Gasteiger partial charge on any atom is -0.477 e. The van der Waals surface area contributed by atoms with Crippen molar-refractivity contribution in [3.05, 3.63) is 27.4 Å². The minimum absolute atomic E-state index is 0.00604. The van der Waals surface area contributed by atoms with E-state index in [4.69, 9.17) is 4.74 Å². The number of nitrogens with one attached hydrogen (secondary N) is 2.